The molecule has 442 valence electrons. The third-order valence-corrected chi connectivity index (χ3v) is 15.5. The Morgan fingerprint density at radius 1 is 0.453 bits per heavy atom. The maximum absolute atomic E-state index is 13.5. The SMILES string of the molecule is CCCCCC/C=C\CCCCCCCCCC(=O)NC(COP(=O)([O-])OCC[N+](C)(C)C)C(/C=C\CCCCCCCCCCC)OC(=O)CCCCCCCCCCCCCCC/C=C/CCCCCCCC. The summed E-state index contributed by atoms with van der Waals surface area (Å²) in [7, 11) is 1.19. The highest BCUT2D eigenvalue weighted by molar-refractivity contribution is 7.45. The molecule has 9 nitrogen and oxygen atoms in total. The minimum absolute atomic E-state index is 0.0212. The molecule has 0 heterocycles. The average molecular weight is 1080 g/mol. The second-order valence-electron chi connectivity index (χ2n) is 23.3. The molecule has 0 aliphatic rings. The summed E-state index contributed by atoms with van der Waals surface area (Å²) < 4.78 is 30.3. The summed E-state index contributed by atoms with van der Waals surface area (Å²) in [4.78, 5) is 40.0. The minimum Gasteiger partial charge on any atom is -0.756 e. The number of esters is 1. The fraction of sp³-hybridized carbons (Fsp3) is 0.877. The Bertz CT molecular complexity index is 1380. The minimum atomic E-state index is -4.69. The van der Waals surface area contributed by atoms with Crippen molar-refractivity contribution in [3.8, 4) is 0 Å². The number of ether oxygens (including phenoxy) is 1. The summed E-state index contributed by atoms with van der Waals surface area (Å²) in [6, 6.07) is -0.887. The van der Waals surface area contributed by atoms with Crippen LogP contribution in [0.15, 0.2) is 36.5 Å². The molecule has 75 heavy (non-hydrogen) atoms. The van der Waals surface area contributed by atoms with Gasteiger partial charge in [-0.3, -0.25) is 14.2 Å². The summed E-state index contributed by atoms with van der Waals surface area (Å²) >= 11 is 0. The molecule has 0 bridgehead atoms. The molecule has 0 radical (unpaired) electrons. The topological polar surface area (TPSA) is 114 Å². The number of carbonyl (C=O) groups excluding carboxylic acids is 2. The van der Waals surface area contributed by atoms with Crippen LogP contribution in [0.2, 0.25) is 0 Å². The van der Waals surface area contributed by atoms with E-state index in [1.807, 2.05) is 33.3 Å². The number of carbonyl (C=O) groups is 2. The van der Waals surface area contributed by atoms with Crippen molar-refractivity contribution in [1.29, 1.82) is 0 Å². The molecule has 3 atom stereocenters. The molecule has 3 unspecified atom stereocenters. The maximum atomic E-state index is 13.5. The molecule has 0 aliphatic carbocycles. The van der Waals surface area contributed by atoms with Crippen LogP contribution in [0.5, 0.6) is 0 Å². The summed E-state index contributed by atoms with van der Waals surface area (Å²) in [5.41, 5.74) is 0. The first-order valence-electron chi connectivity index (χ1n) is 32.3. The maximum Gasteiger partial charge on any atom is 0.306 e. The highest BCUT2D eigenvalue weighted by atomic mass is 31.2. The van der Waals surface area contributed by atoms with Crippen LogP contribution in [0, 0.1) is 0 Å². The van der Waals surface area contributed by atoms with Gasteiger partial charge in [-0.1, -0.05) is 257 Å². The van der Waals surface area contributed by atoms with Crippen molar-refractivity contribution in [3.63, 3.8) is 0 Å². The van der Waals surface area contributed by atoms with Gasteiger partial charge in [0.25, 0.3) is 7.82 Å². The van der Waals surface area contributed by atoms with Gasteiger partial charge in [0.15, 0.2) is 0 Å². The molecule has 0 fully saturated rings. The van der Waals surface area contributed by atoms with E-state index in [1.165, 1.54) is 212 Å². The smallest absolute Gasteiger partial charge is 0.306 e. The molecule has 0 aromatic carbocycles. The standard InChI is InChI=1S/C65H125N2O7P/c1-7-10-13-16-19-22-25-27-29-30-31-32-33-34-35-36-38-40-43-46-49-52-55-58-65(69)74-63(56-53-50-47-44-41-24-21-18-15-12-9-3)62(61-73-75(70,71)72-60-59-67(4,5)6)66-64(68)57-54-51-48-45-42-39-37-28-26-23-20-17-14-11-8-2/h23,26-27,29,53,56,62-63H,7-22,24-25,28,30-52,54-55,57-61H2,1-6H3,(H-,66,68,70,71)/b26-23-,29-27+,56-53-. The lowest BCUT2D eigenvalue weighted by Crippen LogP contribution is -2.47. The lowest BCUT2D eigenvalue weighted by atomic mass is 10.0. The van der Waals surface area contributed by atoms with Gasteiger partial charge in [-0.05, 0) is 83.1 Å². The molecule has 10 heteroatoms. The van der Waals surface area contributed by atoms with Gasteiger partial charge >= 0.3 is 5.97 Å². The van der Waals surface area contributed by atoms with Gasteiger partial charge < -0.3 is 28.5 Å². The van der Waals surface area contributed by atoms with Crippen molar-refractivity contribution in [2.45, 2.75) is 328 Å². The molecule has 0 aromatic heterocycles. The lowest BCUT2D eigenvalue weighted by molar-refractivity contribution is -0.870. The Kier molecular flexibility index (Phi) is 54.2. The van der Waals surface area contributed by atoms with Crippen molar-refractivity contribution < 1.29 is 37.3 Å². The van der Waals surface area contributed by atoms with Crippen LogP contribution >= 0.6 is 7.82 Å². The number of hydrogen-bond acceptors (Lipinski definition) is 7. The van der Waals surface area contributed by atoms with Crippen LogP contribution in [0.1, 0.15) is 316 Å². The highest BCUT2D eigenvalue weighted by Crippen LogP contribution is 2.38. The zero-order valence-electron chi connectivity index (χ0n) is 50.5. The van der Waals surface area contributed by atoms with Gasteiger partial charge in [0, 0.05) is 12.8 Å². The van der Waals surface area contributed by atoms with Gasteiger partial charge in [-0.25, -0.2) is 0 Å². The number of likely N-dealkylation sites (N-methyl/N-ethyl adjacent to an activating group) is 1. The van der Waals surface area contributed by atoms with Crippen molar-refractivity contribution >= 4 is 19.7 Å². The van der Waals surface area contributed by atoms with Crippen molar-refractivity contribution in [2.75, 3.05) is 40.9 Å². The van der Waals surface area contributed by atoms with Gasteiger partial charge in [0.05, 0.1) is 33.8 Å². The molecule has 0 aromatic rings. The molecule has 0 aliphatic heterocycles. The van der Waals surface area contributed by atoms with E-state index in [0.717, 1.165) is 70.6 Å². The van der Waals surface area contributed by atoms with E-state index in [9.17, 15) is 19.0 Å². The molecule has 0 spiro atoms. The third kappa shape index (κ3) is 56.8. The Labute approximate surface area is 466 Å². The Balaban J connectivity index is 5.09. The number of rotatable bonds is 59. The second kappa shape index (κ2) is 55.5. The van der Waals surface area contributed by atoms with E-state index in [0.29, 0.717) is 17.4 Å². The van der Waals surface area contributed by atoms with Gasteiger partial charge in [-0.2, -0.15) is 0 Å². The third-order valence-electron chi connectivity index (χ3n) is 14.5. The van der Waals surface area contributed by atoms with E-state index in [4.69, 9.17) is 13.8 Å². The van der Waals surface area contributed by atoms with Crippen molar-refractivity contribution in [2.24, 2.45) is 0 Å². The first-order valence-corrected chi connectivity index (χ1v) is 33.8. The molecule has 0 saturated carbocycles. The predicted molar refractivity (Wildman–Crippen MR) is 321 cm³/mol. The number of nitrogens with one attached hydrogen (secondary N) is 1. The fourth-order valence-corrected chi connectivity index (χ4v) is 10.2. The van der Waals surface area contributed by atoms with Crippen molar-refractivity contribution in [1.82, 2.24) is 5.32 Å². The molecule has 1 N–H and O–H groups in total. The first-order chi connectivity index (χ1) is 36.4. The van der Waals surface area contributed by atoms with Crippen LogP contribution in [-0.4, -0.2) is 69.4 Å². The Hall–Kier alpha value is -1.77. The van der Waals surface area contributed by atoms with Crippen LogP contribution in [0.4, 0.5) is 0 Å². The fourth-order valence-electron chi connectivity index (χ4n) is 9.51. The Morgan fingerprint density at radius 2 is 0.773 bits per heavy atom. The number of phosphoric acid groups is 1. The number of allylic oxidation sites excluding steroid dienone is 5. The summed E-state index contributed by atoms with van der Waals surface area (Å²) in [6.45, 7) is 6.85. The predicted octanol–water partition coefficient (Wildman–Crippen LogP) is 19.3. The van der Waals surface area contributed by atoms with Crippen molar-refractivity contribution in [3.05, 3.63) is 36.5 Å². The van der Waals surface area contributed by atoms with E-state index >= 15 is 0 Å². The number of unbranched alkanes of at least 4 members (excludes halogenated alkanes) is 39. The van der Waals surface area contributed by atoms with Crippen LogP contribution in [-0.2, 0) is 27.9 Å². The highest BCUT2D eigenvalue weighted by Gasteiger charge is 2.27. The average Bonchev–Trinajstić information content (AvgIpc) is 3.37. The number of hydrogen-bond donors (Lipinski definition) is 1. The number of quaternary nitrogens is 1. The molecule has 0 saturated heterocycles. The van der Waals surface area contributed by atoms with Gasteiger partial charge in [0.2, 0.25) is 5.91 Å². The van der Waals surface area contributed by atoms with E-state index in [-0.39, 0.29) is 31.5 Å². The van der Waals surface area contributed by atoms with Gasteiger partial charge in [0.1, 0.15) is 19.3 Å². The Morgan fingerprint density at radius 3 is 1.15 bits per heavy atom. The molecular weight excluding hydrogens is 952 g/mol. The number of phosphoric ester groups is 1. The zero-order valence-corrected chi connectivity index (χ0v) is 51.4. The second-order valence-corrected chi connectivity index (χ2v) is 24.7. The largest absolute Gasteiger partial charge is 0.756 e. The zero-order chi connectivity index (χ0) is 55.0. The summed E-state index contributed by atoms with van der Waals surface area (Å²) in [6.07, 6.45) is 66.9. The normalized spacial score (nSPS) is 13.9. The molecule has 1 amide bonds. The molecule has 0 rings (SSSR count). The van der Waals surface area contributed by atoms with Crippen LogP contribution in [0.3, 0.4) is 0 Å². The number of nitrogens with zero attached hydrogens (tertiary/aromatic N) is 1. The lowest BCUT2D eigenvalue weighted by Gasteiger charge is -2.30. The summed E-state index contributed by atoms with van der Waals surface area (Å²) in [5.74, 6) is -0.535. The first kappa shape index (κ1) is 73.2. The van der Waals surface area contributed by atoms with E-state index < -0.39 is 20.0 Å². The van der Waals surface area contributed by atoms with E-state index in [2.05, 4.69) is 50.4 Å². The quantitative estimate of drug-likeness (QED) is 0.0212. The summed E-state index contributed by atoms with van der Waals surface area (Å²) in [5, 5.41) is 3.03. The van der Waals surface area contributed by atoms with Crippen LogP contribution in [0.25, 0.3) is 0 Å². The molecular formula is C65H125N2O7P. The van der Waals surface area contributed by atoms with E-state index in [1.54, 1.807) is 0 Å². The van der Waals surface area contributed by atoms with Crippen LogP contribution < -0.4 is 10.2 Å². The monoisotopic (exact) mass is 1080 g/mol. The van der Waals surface area contributed by atoms with Gasteiger partial charge in [-0.15, -0.1) is 0 Å². The number of amides is 1.